The second-order valence-electron chi connectivity index (χ2n) is 5.65. The number of thioether (sulfide) groups is 1. The van der Waals surface area contributed by atoms with Crippen molar-refractivity contribution >= 4 is 39.7 Å². The van der Waals surface area contributed by atoms with E-state index in [1.165, 1.54) is 4.90 Å². The van der Waals surface area contributed by atoms with Gasteiger partial charge in [0.15, 0.2) is 0 Å². The van der Waals surface area contributed by atoms with Gasteiger partial charge < -0.3 is 4.90 Å². The summed E-state index contributed by atoms with van der Waals surface area (Å²) >= 11 is 1.68. The molecule has 0 aliphatic carbocycles. The normalized spacial score (nSPS) is 14.7. The molecule has 0 amide bonds. The molecule has 0 aromatic heterocycles. The maximum absolute atomic E-state index is 11.7. The van der Waals surface area contributed by atoms with Gasteiger partial charge in [0.25, 0.3) is 0 Å². The van der Waals surface area contributed by atoms with Crippen LogP contribution in [0.15, 0.2) is 82.7 Å². The van der Waals surface area contributed by atoms with Crippen molar-refractivity contribution in [3.05, 3.63) is 83.4 Å². The molecular formula is C21H15NOS. The molecule has 0 saturated carbocycles. The molecule has 3 aromatic carbocycles. The van der Waals surface area contributed by atoms with Crippen LogP contribution in [0.5, 0.6) is 0 Å². The molecule has 0 spiro atoms. The van der Waals surface area contributed by atoms with Crippen LogP contribution in [-0.2, 0) is 4.79 Å². The van der Waals surface area contributed by atoms with E-state index in [0.29, 0.717) is 5.57 Å². The van der Waals surface area contributed by atoms with E-state index in [9.17, 15) is 4.79 Å². The van der Waals surface area contributed by atoms with Gasteiger partial charge in [-0.05, 0) is 29.0 Å². The number of hydrogen-bond donors (Lipinski definition) is 0. The zero-order valence-electron chi connectivity index (χ0n) is 13.2. The highest BCUT2D eigenvalue weighted by molar-refractivity contribution is 8.03. The molecule has 1 aliphatic heterocycles. The first-order valence-electron chi connectivity index (χ1n) is 7.73. The van der Waals surface area contributed by atoms with Crippen LogP contribution in [0.2, 0.25) is 0 Å². The first-order chi connectivity index (χ1) is 11.8. The number of allylic oxidation sites excluding steroid dienone is 2. The average molecular weight is 329 g/mol. The minimum absolute atomic E-state index is 0.578. The van der Waals surface area contributed by atoms with E-state index >= 15 is 0 Å². The second-order valence-corrected chi connectivity index (χ2v) is 6.72. The Morgan fingerprint density at radius 3 is 2.58 bits per heavy atom. The quantitative estimate of drug-likeness (QED) is 0.607. The van der Waals surface area contributed by atoms with Crippen molar-refractivity contribution in [1.29, 1.82) is 0 Å². The van der Waals surface area contributed by atoms with Crippen LogP contribution in [0.25, 0.3) is 16.3 Å². The molecule has 0 saturated heterocycles. The third kappa shape index (κ3) is 2.44. The Labute approximate surface area is 145 Å². The van der Waals surface area contributed by atoms with Crippen molar-refractivity contribution in [1.82, 2.24) is 0 Å². The van der Waals surface area contributed by atoms with Crippen molar-refractivity contribution in [3.8, 4) is 0 Å². The van der Waals surface area contributed by atoms with E-state index in [0.717, 1.165) is 27.1 Å². The molecule has 0 fully saturated rings. The monoisotopic (exact) mass is 329 g/mol. The van der Waals surface area contributed by atoms with Crippen LogP contribution in [0, 0.1) is 0 Å². The largest absolute Gasteiger partial charge is 0.338 e. The number of para-hydroxylation sites is 1. The Morgan fingerprint density at radius 1 is 1.00 bits per heavy atom. The van der Waals surface area contributed by atoms with Crippen molar-refractivity contribution in [3.63, 3.8) is 0 Å². The Hall–Kier alpha value is -2.74. The van der Waals surface area contributed by atoms with E-state index in [1.54, 1.807) is 11.8 Å². The fourth-order valence-corrected chi connectivity index (χ4v) is 4.09. The van der Waals surface area contributed by atoms with E-state index in [-0.39, 0.29) is 0 Å². The lowest BCUT2D eigenvalue weighted by atomic mass is 9.99. The highest BCUT2D eigenvalue weighted by Gasteiger charge is 2.22. The van der Waals surface area contributed by atoms with Crippen molar-refractivity contribution < 1.29 is 4.79 Å². The molecular weight excluding hydrogens is 314 g/mol. The fourth-order valence-electron chi connectivity index (χ4n) is 2.99. The molecule has 4 rings (SSSR count). The van der Waals surface area contributed by atoms with Crippen LogP contribution in [0.4, 0.5) is 5.69 Å². The fraction of sp³-hybridized carbons (Fsp3) is 0.0476. The van der Waals surface area contributed by atoms with E-state index in [1.807, 2.05) is 55.6 Å². The number of hydrogen-bond acceptors (Lipinski definition) is 3. The van der Waals surface area contributed by atoms with Crippen LogP contribution in [0.3, 0.4) is 0 Å². The number of carbonyl (C=O) groups excluding carboxylic acids is 1. The van der Waals surface area contributed by atoms with Gasteiger partial charge in [0.05, 0.1) is 16.3 Å². The van der Waals surface area contributed by atoms with Crippen molar-refractivity contribution in [2.24, 2.45) is 0 Å². The molecule has 3 aromatic rings. The summed E-state index contributed by atoms with van der Waals surface area (Å²) in [5, 5.41) is 3.22. The molecule has 0 atom stereocenters. The van der Waals surface area contributed by atoms with Gasteiger partial charge in [-0.1, -0.05) is 66.4 Å². The van der Waals surface area contributed by atoms with E-state index in [4.69, 9.17) is 0 Å². The summed E-state index contributed by atoms with van der Waals surface area (Å²) in [6.07, 6.45) is 1.93. The number of rotatable bonds is 2. The Bertz CT molecular complexity index is 1010. The minimum Gasteiger partial charge on any atom is -0.338 e. The van der Waals surface area contributed by atoms with Crippen LogP contribution < -0.4 is 4.90 Å². The molecule has 1 aliphatic rings. The third-order valence-electron chi connectivity index (χ3n) is 4.23. The molecule has 3 heteroatoms. The van der Waals surface area contributed by atoms with Gasteiger partial charge in [-0.3, -0.25) is 0 Å². The van der Waals surface area contributed by atoms with E-state index < -0.39 is 0 Å². The summed E-state index contributed by atoms with van der Waals surface area (Å²) in [4.78, 5) is 15.0. The first kappa shape index (κ1) is 14.8. The lowest BCUT2D eigenvalue weighted by Crippen LogP contribution is -2.09. The highest BCUT2D eigenvalue weighted by atomic mass is 32.2. The van der Waals surface area contributed by atoms with Gasteiger partial charge in [0.2, 0.25) is 0 Å². The average Bonchev–Trinajstić information content (AvgIpc) is 2.95. The van der Waals surface area contributed by atoms with Crippen molar-refractivity contribution in [2.75, 3.05) is 11.9 Å². The molecule has 0 N–H and O–H groups in total. The Morgan fingerprint density at radius 2 is 1.75 bits per heavy atom. The van der Waals surface area contributed by atoms with Crippen LogP contribution in [-0.4, -0.2) is 13.0 Å². The van der Waals surface area contributed by atoms with Gasteiger partial charge in [0, 0.05) is 17.5 Å². The SMILES string of the molecule is CN1C(=CC(=C=O)c2cccc3ccccc23)Sc2ccccc21. The van der Waals surface area contributed by atoms with Gasteiger partial charge in [-0.25, -0.2) is 4.79 Å². The molecule has 2 nitrogen and oxygen atoms in total. The molecule has 0 bridgehead atoms. The lowest BCUT2D eigenvalue weighted by molar-refractivity contribution is 0.569. The van der Waals surface area contributed by atoms with E-state index in [2.05, 4.69) is 35.1 Å². The minimum atomic E-state index is 0.578. The molecule has 24 heavy (non-hydrogen) atoms. The maximum Gasteiger partial charge on any atom is 0.133 e. The third-order valence-corrected chi connectivity index (χ3v) is 5.40. The summed E-state index contributed by atoms with van der Waals surface area (Å²) in [7, 11) is 2.02. The highest BCUT2D eigenvalue weighted by Crippen LogP contribution is 2.45. The van der Waals surface area contributed by atoms with Gasteiger partial charge in [-0.15, -0.1) is 0 Å². The first-order valence-corrected chi connectivity index (χ1v) is 8.55. The molecule has 116 valence electrons. The topological polar surface area (TPSA) is 20.3 Å². The number of anilines is 1. The summed E-state index contributed by atoms with van der Waals surface area (Å²) in [6.45, 7) is 0. The second kappa shape index (κ2) is 6.04. The molecule has 1 heterocycles. The molecule has 0 unspecified atom stereocenters. The summed E-state index contributed by atoms with van der Waals surface area (Å²) in [5.74, 6) is 2.13. The number of fused-ring (bicyclic) bond motifs is 2. The zero-order valence-corrected chi connectivity index (χ0v) is 14.0. The number of nitrogens with zero attached hydrogens (tertiary/aromatic N) is 1. The molecule has 0 radical (unpaired) electrons. The van der Waals surface area contributed by atoms with Crippen LogP contribution >= 0.6 is 11.8 Å². The predicted molar refractivity (Wildman–Crippen MR) is 102 cm³/mol. The Kier molecular flexibility index (Phi) is 3.73. The standard InChI is InChI=1S/C21H15NOS/c1-22-19-11-4-5-12-20(19)24-21(22)13-16(14-23)18-10-6-8-15-7-2-3-9-17(15)18/h2-13H,1H3. The van der Waals surface area contributed by atoms with Gasteiger partial charge in [0.1, 0.15) is 5.94 Å². The summed E-state index contributed by atoms with van der Waals surface area (Å²) in [6, 6.07) is 22.4. The van der Waals surface area contributed by atoms with Crippen LogP contribution in [0.1, 0.15) is 5.56 Å². The van der Waals surface area contributed by atoms with Gasteiger partial charge >= 0.3 is 0 Å². The van der Waals surface area contributed by atoms with Gasteiger partial charge in [-0.2, -0.15) is 0 Å². The number of benzene rings is 3. The Balaban J connectivity index is 1.80. The predicted octanol–water partition coefficient (Wildman–Crippen LogP) is 5.14. The zero-order chi connectivity index (χ0) is 16.5. The van der Waals surface area contributed by atoms with Crippen molar-refractivity contribution in [2.45, 2.75) is 4.90 Å². The smallest absolute Gasteiger partial charge is 0.133 e. The maximum atomic E-state index is 11.7. The summed E-state index contributed by atoms with van der Waals surface area (Å²) in [5.41, 5.74) is 2.66. The summed E-state index contributed by atoms with van der Waals surface area (Å²) < 4.78 is 0. The lowest BCUT2D eigenvalue weighted by Gasteiger charge is -2.14.